The second kappa shape index (κ2) is 7.32. The van der Waals surface area contributed by atoms with Crippen molar-refractivity contribution in [1.29, 1.82) is 0 Å². The van der Waals surface area contributed by atoms with Crippen molar-refractivity contribution in [2.45, 2.75) is 25.4 Å². The van der Waals surface area contributed by atoms with E-state index in [1.807, 2.05) is 0 Å². The first-order valence-corrected chi connectivity index (χ1v) is 4.07. The summed E-state index contributed by atoms with van der Waals surface area (Å²) in [5.41, 5.74) is 0. The SMILES string of the molecule is COCCCCC(O)CCl. The summed E-state index contributed by atoms with van der Waals surface area (Å²) >= 11 is 5.38. The summed E-state index contributed by atoms with van der Waals surface area (Å²) in [5.74, 6) is 0.340. The van der Waals surface area contributed by atoms with Gasteiger partial charge in [-0.3, -0.25) is 0 Å². The van der Waals surface area contributed by atoms with E-state index in [-0.39, 0.29) is 6.10 Å². The van der Waals surface area contributed by atoms with Crippen LogP contribution in [0.25, 0.3) is 0 Å². The normalized spacial score (nSPS) is 13.5. The van der Waals surface area contributed by atoms with E-state index in [0.29, 0.717) is 5.88 Å². The molecule has 0 aliphatic rings. The lowest BCUT2D eigenvalue weighted by atomic mass is 10.2. The molecule has 1 atom stereocenters. The lowest BCUT2D eigenvalue weighted by Crippen LogP contribution is -2.07. The first-order chi connectivity index (χ1) is 4.81. The third-order valence-corrected chi connectivity index (χ3v) is 1.67. The Morgan fingerprint density at radius 2 is 2.20 bits per heavy atom. The Labute approximate surface area is 67.1 Å². The highest BCUT2D eigenvalue weighted by Crippen LogP contribution is 2.01. The van der Waals surface area contributed by atoms with Gasteiger partial charge in [0.15, 0.2) is 0 Å². The van der Waals surface area contributed by atoms with Gasteiger partial charge in [-0.15, -0.1) is 11.6 Å². The summed E-state index contributed by atoms with van der Waals surface area (Å²) < 4.78 is 4.84. The van der Waals surface area contributed by atoms with Crippen molar-refractivity contribution < 1.29 is 9.84 Å². The topological polar surface area (TPSA) is 29.5 Å². The van der Waals surface area contributed by atoms with Gasteiger partial charge in [-0.05, 0) is 19.3 Å². The van der Waals surface area contributed by atoms with E-state index in [9.17, 15) is 0 Å². The van der Waals surface area contributed by atoms with Crippen LogP contribution in [0.3, 0.4) is 0 Å². The van der Waals surface area contributed by atoms with Crippen molar-refractivity contribution in [2.75, 3.05) is 19.6 Å². The van der Waals surface area contributed by atoms with Gasteiger partial charge in [-0.1, -0.05) is 0 Å². The predicted octanol–water partition coefficient (Wildman–Crippen LogP) is 1.40. The molecule has 10 heavy (non-hydrogen) atoms. The molecule has 2 nitrogen and oxygen atoms in total. The molecule has 0 spiro atoms. The Balaban J connectivity index is 2.89. The Morgan fingerprint density at radius 1 is 1.50 bits per heavy atom. The first-order valence-electron chi connectivity index (χ1n) is 3.54. The zero-order chi connectivity index (χ0) is 7.82. The van der Waals surface area contributed by atoms with Crippen LogP contribution >= 0.6 is 11.6 Å². The number of halogens is 1. The molecular weight excluding hydrogens is 152 g/mol. The molecule has 0 aromatic heterocycles. The van der Waals surface area contributed by atoms with E-state index in [0.717, 1.165) is 25.9 Å². The average Bonchev–Trinajstić information content (AvgIpc) is 1.98. The minimum atomic E-state index is -0.335. The van der Waals surface area contributed by atoms with E-state index < -0.39 is 0 Å². The van der Waals surface area contributed by atoms with Gasteiger partial charge >= 0.3 is 0 Å². The summed E-state index contributed by atoms with van der Waals surface area (Å²) in [6.07, 6.45) is 2.44. The van der Waals surface area contributed by atoms with Gasteiger partial charge in [0.05, 0.1) is 6.10 Å². The molecule has 0 aliphatic carbocycles. The van der Waals surface area contributed by atoms with Crippen LogP contribution in [0.4, 0.5) is 0 Å². The summed E-state index contributed by atoms with van der Waals surface area (Å²) in [6, 6.07) is 0. The zero-order valence-electron chi connectivity index (χ0n) is 6.35. The van der Waals surface area contributed by atoms with Crippen molar-refractivity contribution in [3.63, 3.8) is 0 Å². The fraction of sp³-hybridized carbons (Fsp3) is 1.00. The molecule has 0 aromatic carbocycles. The van der Waals surface area contributed by atoms with Crippen molar-refractivity contribution >= 4 is 11.6 Å². The molecule has 0 aliphatic heterocycles. The first kappa shape index (κ1) is 10.2. The maximum atomic E-state index is 8.98. The fourth-order valence-corrected chi connectivity index (χ4v) is 0.858. The second-order valence-corrected chi connectivity index (χ2v) is 2.61. The molecule has 0 heterocycles. The second-order valence-electron chi connectivity index (χ2n) is 2.30. The third-order valence-electron chi connectivity index (χ3n) is 1.31. The van der Waals surface area contributed by atoms with Crippen LogP contribution < -0.4 is 0 Å². The lowest BCUT2D eigenvalue weighted by molar-refractivity contribution is 0.164. The summed E-state index contributed by atoms with van der Waals surface area (Å²) in [4.78, 5) is 0. The van der Waals surface area contributed by atoms with E-state index >= 15 is 0 Å². The van der Waals surface area contributed by atoms with Crippen LogP contribution in [0.2, 0.25) is 0 Å². The average molecular weight is 167 g/mol. The van der Waals surface area contributed by atoms with Crippen LogP contribution in [0.15, 0.2) is 0 Å². The van der Waals surface area contributed by atoms with Gasteiger partial charge in [-0.2, -0.15) is 0 Å². The number of hydrogen-bond donors (Lipinski definition) is 1. The van der Waals surface area contributed by atoms with E-state index in [4.69, 9.17) is 21.4 Å². The van der Waals surface area contributed by atoms with Gasteiger partial charge in [0, 0.05) is 19.6 Å². The minimum absolute atomic E-state index is 0.335. The number of methoxy groups -OCH3 is 1. The largest absolute Gasteiger partial charge is 0.392 e. The van der Waals surface area contributed by atoms with Crippen LogP contribution in [-0.2, 0) is 4.74 Å². The highest BCUT2D eigenvalue weighted by atomic mass is 35.5. The van der Waals surface area contributed by atoms with Crippen LogP contribution in [-0.4, -0.2) is 30.8 Å². The number of alkyl halides is 1. The molecule has 0 radical (unpaired) electrons. The highest BCUT2D eigenvalue weighted by Gasteiger charge is 1.99. The monoisotopic (exact) mass is 166 g/mol. The van der Waals surface area contributed by atoms with Crippen LogP contribution in [0.5, 0.6) is 0 Å². The smallest absolute Gasteiger partial charge is 0.0675 e. The van der Waals surface area contributed by atoms with Crippen molar-refractivity contribution in [2.24, 2.45) is 0 Å². The molecule has 1 unspecified atom stereocenters. The Morgan fingerprint density at radius 3 is 2.70 bits per heavy atom. The minimum Gasteiger partial charge on any atom is -0.392 e. The molecule has 0 amide bonds. The van der Waals surface area contributed by atoms with Gasteiger partial charge in [0.2, 0.25) is 0 Å². The number of aliphatic hydroxyl groups is 1. The van der Waals surface area contributed by atoms with E-state index in [1.165, 1.54) is 0 Å². The van der Waals surface area contributed by atoms with E-state index in [1.54, 1.807) is 7.11 Å². The van der Waals surface area contributed by atoms with Crippen LogP contribution in [0.1, 0.15) is 19.3 Å². The van der Waals surface area contributed by atoms with Crippen LogP contribution in [0, 0.1) is 0 Å². The molecule has 0 aromatic rings. The number of rotatable bonds is 6. The van der Waals surface area contributed by atoms with Crippen molar-refractivity contribution in [3.8, 4) is 0 Å². The third kappa shape index (κ3) is 6.33. The zero-order valence-corrected chi connectivity index (χ0v) is 7.10. The molecule has 1 N–H and O–H groups in total. The number of unbranched alkanes of at least 4 members (excludes halogenated alkanes) is 1. The summed E-state index contributed by atoms with van der Waals surface area (Å²) in [7, 11) is 1.68. The molecule has 0 bridgehead atoms. The maximum Gasteiger partial charge on any atom is 0.0675 e. The standard InChI is InChI=1S/C7H15ClO2/c1-10-5-3-2-4-7(9)6-8/h7,9H,2-6H2,1H3. The highest BCUT2D eigenvalue weighted by molar-refractivity contribution is 6.18. The van der Waals surface area contributed by atoms with Gasteiger partial charge in [-0.25, -0.2) is 0 Å². The molecular formula is C7H15ClO2. The number of aliphatic hydroxyl groups excluding tert-OH is 1. The molecule has 0 fully saturated rings. The van der Waals surface area contributed by atoms with Crippen molar-refractivity contribution in [1.82, 2.24) is 0 Å². The quantitative estimate of drug-likeness (QED) is 0.478. The number of hydrogen-bond acceptors (Lipinski definition) is 2. The summed E-state index contributed by atoms with van der Waals surface area (Å²) in [6.45, 7) is 0.773. The maximum absolute atomic E-state index is 8.98. The van der Waals surface area contributed by atoms with Crippen molar-refractivity contribution in [3.05, 3.63) is 0 Å². The molecule has 3 heteroatoms. The Bertz CT molecular complexity index is 68.6. The van der Waals surface area contributed by atoms with Gasteiger partial charge in [0.25, 0.3) is 0 Å². The molecule has 0 saturated heterocycles. The summed E-state index contributed by atoms with van der Waals surface area (Å²) in [5, 5.41) is 8.98. The predicted molar refractivity (Wildman–Crippen MR) is 42.5 cm³/mol. The Hall–Kier alpha value is 0.210. The van der Waals surface area contributed by atoms with E-state index in [2.05, 4.69) is 0 Å². The number of ether oxygens (including phenoxy) is 1. The Kier molecular flexibility index (Phi) is 7.47. The molecule has 0 saturated carbocycles. The van der Waals surface area contributed by atoms with Gasteiger partial charge in [0.1, 0.15) is 0 Å². The molecule has 0 rings (SSSR count). The van der Waals surface area contributed by atoms with Gasteiger partial charge < -0.3 is 9.84 Å². The fourth-order valence-electron chi connectivity index (χ4n) is 0.704. The lowest BCUT2D eigenvalue weighted by Gasteiger charge is -2.04. The molecule has 62 valence electrons.